The number of carbonyl (C=O) groups excluding carboxylic acids is 1. The second-order valence-electron chi connectivity index (χ2n) is 5.93. The Balaban J connectivity index is 2.13. The molecular formula is C15H26O3. The van der Waals surface area contributed by atoms with Crippen LogP contribution in [-0.4, -0.2) is 25.3 Å². The first kappa shape index (κ1) is 13.9. The van der Waals surface area contributed by atoms with Gasteiger partial charge in [-0.05, 0) is 30.6 Å². The van der Waals surface area contributed by atoms with Gasteiger partial charge in [0.2, 0.25) is 0 Å². The second kappa shape index (κ2) is 5.60. The van der Waals surface area contributed by atoms with Crippen LogP contribution in [-0.2, 0) is 14.3 Å². The highest BCUT2D eigenvalue weighted by atomic mass is 16.5. The minimum Gasteiger partial charge on any atom is -0.462 e. The Morgan fingerprint density at radius 2 is 2.00 bits per heavy atom. The van der Waals surface area contributed by atoms with E-state index in [2.05, 4.69) is 20.8 Å². The summed E-state index contributed by atoms with van der Waals surface area (Å²) in [5.41, 5.74) is 0. The quantitative estimate of drug-likeness (QED) is 0.726. The molecule has 1 saturated heterocycles. The molecule has 0 aromatic rings. The molecule has 104 valence electrons. The van der Waals surface area contributed by atoms with E-state index in [1.807, 2.05) is 0 Å². The second-order valence-corrected chi connectivity index (χ2v) is 5.93. The van der Waals surface area contributed by atoms with Crippen molar-refractivity contribution in [3.63, 3.8) is 0 Å². The summed E-state index contributed by atoms with van der Waals surface area (Å²) in [6.45, 7) is 6.54. The van der Waals surface area contributed by atoms with E-state index in [0.29, 0.717) is 17.8 Å². The van der Waals surface area contributed by atoms with Gasteiger partial charge in [0, 0.05) is 13.5 Å². The summed E-state index contributed by atoms with van der Waals surface area (Å²) >= 11 is 0. The van der Waals surface area contributed by atoms with Crippen molar-refractivity contribution in [2.45, 2.75) is 58.7 Å². The Morgan fingerprint density at radius 3 is 2.56 bits per heavy atom. The maximum atomic E-state index is 12.0. The molecular weight excluding hydrogens is 228 g/mol. The number of methoxy groups -OCH3 is 1. The summed E-state index contributed by atoms with van der Waals surface area (Å²) < 4.78 is 11.2. The molecule has 1 aliphatic carbocycles. The van der Waals surface area contributed by atoms with E-state index in [-0.39, 0.29) is 24.1 Å². The van der Waals surface area contributed by atoms with Crippen LogP contribution in [0.25, 0.3) is 0 Å². The van der Waals surface area contributed by atoms with Crippen molar-refractivity contribution in [1.29, 1.82) is 0 Å². The average molecular weight is 254 g/mol. The van der Waals surface area contributed by atoms with Crippen molar-refractivity contribution in [2.24, 2.45) is 23.7 Å². The van der Waals surface area contributed by atoms with Crippen LogP contribution in [0.5, 0.6) is 0 Å². The van der Waals surface area contributed by atoms with E-state index < -0.39 is 0 Å². The molecule has 2 fully saturated rings. The van der Waals surface area contributed by atoms with Gasteiger partial charge in [-0.25, -0.2) is 0 Å². The smallest absolute Gasteiger partial charge is 0.309 e. The normalized spacial score (nSPS) is 44.3. The lowest BCUT2D eigenvalue weighted by Gasteiger charge is -2.47. The van der Waals surface area contributed by atoms with Gasteiger partial charge in [-0.3, -0.25) is 4.79 Å². The fourth-order valence-electron chi connectivity index (χ4n) is 3.94. The molecule has 0 bridgehead atoms. The highest BCUT2D eigenvalue weighted by Gasteiger charge is 2.47. The molecule has 18 heavy (non-hydrogen) atoms. The maximum absolute atomic E-state index is 12.0. The molecule has 1 saturated carbocycles. The lowest BCUT2D eigenvalue weighted by molar-refractivity contribution is -0.184. The maximum Gasteiger partial charge on any atom is 0.309 e. The summed E-state index contributed by atoms with van der Waals surface area (Å²) in [4.78, 5) is 12.0. The zero-order valence-corrected chi connectivity index (χ0v) is 12.0. The molecule has 0 amide bonds. The van der Waals surface area contributed by atoms with Crippen molar-refractivity contribution in [3.8, 4) is 0 Å². The van der Waals surface area contributed by atoms with Gasteiger partial charge in [0.1, 0.15) is 6.10 Å². The highest BCUT2D eigenvalue weighted by Crippen LogP contribution is 2.44. The minimum absolute atomic E-state index is 0.0102. The van der Waals surface area contributed by atoms with Crippen LogP contribution in [0, 0.1) is 23.7 Å². The minimum atomic E-state index is 0.0102. The van der Waals surface area contributed by atoms with Gasteiger partial charge in [0.15, 0.2) is 0 Å². The summed E-state index contributed by atoms with van der Waals surface area (Å²) in [5, 5.41) is 0. The van der Waals surface area contributed by atoms with Crippen molar-refractivity contribution < 1.29 is 14.3 Å². The summed E-state index contributed by atoms with van der Waals surface area (Å²) in [6.07, 6.45) is 4.42. The number of esters is 1. The van der Waals surface area contributed by atoms with Gasteiger partial charge in [-0.15, -0.1) is 0 Å². The molecule has 2 aliphatic rings. The SMILES string of the molecule is CCC1CC2C(CC1OC)OC(=O)C(CC)C2C. The van der Waals surface area contributed by atoms with E-state index in [9.17, 15) is 4.79 Å². The largest absolute Gasteiger partial charge is 0.462 e. The number of fused-ring (bicyclic) bond motifs is 1. The fourth-order valence-corrected chi connectivity index (χ4v) is 3.94. The number of hydrogen-bond donors (Lipinski definition) is 0. The van der Waals surface area contributed by atoms with E-state index in [0.717, 1.165) is 25.7 Å². The molecule has 0 aromatic heterocycles. The van der Waals surface area contributed by atoms with Crippen LogP contribution in [0.15, 0.2) is 0 Å². The molecule has 0 aromatic carbocycles. The molecule has 0 radical (unpaired) electrons. The standard InChI is InChI=1S/C15H26O3/c1-5-10-7-12-9(3)11(6-2)15(16)18-14(12)8-13(10)17-4/h9-14H,5-8H2,1-4H3. The first-order chi connectivity index (χ1) is 8.62. The molecule has 6 unspecified atom stereocenters. The van der Waals surface area contributed by atoms with Crippen molar-refractivity contribution >= 4 is 5.97 Å². The van der Waals surface area contributed by atoms with E-state index in [1.54, 1.807) is 7.11 Å². The Kier molecular flexibility index (Phi) is 4.31. The fraction of sp³-hybridized carbons (Fsp3) is 0.933. The van der Waals surface area contributed by atoms with Crippen LogP contribution in [0.1, 0.15) is 46.5 Å². The summed E-state index contributed by atoms with van der Waals surface area (Å²) in [5.74, 6) is 1.71. The van der Waals surface area contributed by atoms with Gasteiger partial charge in [0.25, 0.3) is 0 Å². The van der Waals surface area contributed by atoms with E-state index >= 15 is 0 Å². The van der Waals surface area contributed by atoms with E-state index in [1.165, 1.54) is 0 Å². The van der Waals surface area contributed by atoms with Gasteiger partial charge in [0.05, 0.1) is 12.0 Å². The van der Waals surface area contributed by atoms with Crippen molar-refractivity contribution in [3.05, 3.63) is 0 Å². The molecule has 0 N–H and O–H groups in total. The molecule has 0 spiro atoms. The van der Waals surface area contributed by atoms with Gasteiger partial charge < -0.3 is 9.47 Å². The Bertz CT molecular complexity index is 302. The molecule has 3 nitrogen and oxygen atoms in total. The summed E-state index contributed by atoms with van der Waals surface area (Å²) in [7, 11) is 1.77. The van der Waals surface area contributed by atoms with Crippen LogP contribution in [0.2, 0.25) is 0 Å². The number of carbonyl (C=O) groups is 1. The third-order valence-corrected chi connectivity index (χ3v) is 5.19. The molecule has 3 heteroatoms. The summed E-state index contributed by atoms with van der Waals surface area (Å²) in [6, 6.07) is 0. The monoisotopic (exact) mass is 254 g/mol. The van der Waals surface area contributed by atoms with Crippen molar-refractivity contribution in [2.75, 3.05) is 7.11 Å². The van der Waals surface area contributed by atoms with Crippen LogP contribution >= 0.6 is 0 Å². The molecule has 1 aliphatic heterocycles. The predicted octanol–water partition coefficient (Wildman–Crippen LogP) is 3.03. The first-order valence-corrected chi connectivity index (χ1v) is 7.35. The number of rotatable bonds is 3. The third kappa shape index (κ3) is 2.29. The van der Waals surface area contributed by atoms with Crippen LogP contribution in [0.3, 0.4) is 0 Å². The zero-order valence-electron chi connectivity index (χ0n) is 12.0. The van der Waals surface area contributed by atoms with E-state index in [4.69, 9.17) is 9.47 Å². The first-order valence-electron chi connectivity index (χ1n) is 7.35. The number of ether oxygens (including phenoxy) is 2. The molecule has 2 rings (SSSR count). The van der Waals surface area contributed by atoms with Gasteiger partial charge >= 0.3 is 5.97 Å². The van der Waals surface area contributed by atoms with Crippen molar-refractivity contribution in [1.82, 2.24) is 0 Å². The molecule has 6 atom stereocenters. The zero-order chi connectivity index (χ0) is 13.3. The lowest BCUT2D eigenvalue weighted by Crippen LogP contribution is -2.50. The Morgan fingerprint density at radius 1 is 1.28 bits per heavy atom. The number of hydrogen-bond acceptors (Lipinski definition) is 3. The Hall–Kier alpha value is -0.570. The van der Waals surface area contributed by atoms with Gasteiger partial charge in [-0.1, -0.05) is 27.2 Å². The van der Waals surface area contributed by atoms with Crippen LogP contribution in [0.4, 0.5) is 0 Å². The Labute approximate surface area is 110 Å². The lowest BCUT2D eigenvalue weighted by atomic mass is 9.66. The highest BCUT2D eigenvalue weighted by molar-refractivity contribution is 5.73. The average Bonchev–Trinajstić information content (AvgIpc) is 2.37. The third-order valence-electron chi connectivity index (χ3n) is 5.19. The van der Waals surface area contributed by atoms with Gasteiger partial charge in [-0.2, -0.15) is 0 Å². The predicted molar refractivity (Wildman–Crippen MR) is 70.1 cm³/mol. The topological polar surface area (TPSA) is 35.5 Å². The molecule has 1 heterocycles. The van der Waals surface area contributed by atoms with Crippen LogP contribution < -0.4 is 0 Å².